The Balaban J connectivity index is 1.77. The largest absolute Gasteiger partial charge is 0.311 e. The molecule has 0 spiro atoms. The van der Waals surface area contributed by atoms with Crippen LogP contribution in [-0.2, 0) is 6.54 Å². The third kappa shape index (κ3) is 4.75. The van der Waals surface area contributed by atoms with Crippen LogP contribution in [-0.4, -0.2) is 30.6 Å². The van der Waals surface area contributed by atoms with E-state index in [0.717, 1.165) is 22.6 Å². The molecule has 0 radical (unpaired) electrons. The zero-order chi connectivity index (χ0) is 13.7. The van der Waals surface area contributed by atoms with Gasteiger partial charge in [-0.2, -0.15) is 0 Å². The van der Waals surface area contributed by atoms with Gasteiger partial charge in [0.1, 0.15) is 0 Å². The first-order valence-corrected chi connectivity index (χ1v) is 8.22. The minimum Gasteiger partial charge on any atom is -0.311 e. The lowest BCUT2D eigenvalue weighted by molar-refractivity contribution is 0.170. The van der Waals surface area contributed by atoms with E-state index < -0.39 is 0 Å². The Bertz CT molecular complexity index is 405. The molecule has 19 heavy (non-hydrogen) atoms. The van der Waals surface area contributed by atoms with Crippen molar-refractivity contribution < 1.29 is 0 Å². The molecule has 1 atom stereocenters. The lowest BCUT2D eigenvalue weighted by atomic mass is 10.1. The van der Waals surface area contributed by atoms with Crippen molar-refractivity contribution in [2.75, 3.05) is 19.6 Å². The number of nitrogens with zero attached hydrogens (tertiary/aromatic N) is 1. The fourth-order valence-corrected chi connectivity index (χ4v) is 3.16. The molecule has 1 unspecified atom stereocenters. The average Bonchev–Trinajstić information content (AvgIpc) is 2.43. The van der Waals surface area contributed by atoms with E-state index in [-0.39, 0.29) is 0 Å². The van der Waals surface area contributed by atoms with E-state index in [9.17, 15) is 0 Å². The summed E-state index contributed by atoms with van der Waals surface area (Å²) in [5.41, 5.74) is 1.22. The third-order valence-electron chi connectivity index (χ3n) is 3.78. The quantitative estimate of drug-likeness (QED) is 0.865. The molecule has 0 amide bonds. The number of benzene rings is 1. The Labute approximate surface area is 129 Å². The van der Waals surface area contributed by atoms with Gasteiger partial charge in [0, 0.05) is 28.6 Å². The molecule has 0 bridgehead atoms. The summed E-state index contributed by atoms with van der Waals surface area (Å²) in [6.07, 6.45) is 4.10. The van der Waals surface area contributed by atoms with Gasteiger partial charge in [-0.15, -0.1) is 0 Å². The van der Waals surface area contributed by atoms with Crippen LogP contribution in [0.25, 0.3) is 0 Å². The number of nitrogens with one attached hydrogen (secondary N) is 1. The maximum Gasteiger partial charge on any atom is 0.0410 e. The predicted molar refractivity (Wildman–Crippen MR) is 85.7 cm³/mol. The highest BCUT2D eigenvalue weighted by Gasteiger charge is 2.16. The van der Waals surface area contributed by atoms with Crippen molar-refractivity contribution in [2.24, 2.45) is 0 Å². The second-order valence-corrected chi connectivity index (χ2v) is 6.60. The molecule has 0 aromatic heterocycles. The van der Waals surface area contributed by atoms with E-state index in [2.05, 4.69) is 33.1 Å². The smallest absolute Gasteiger partial charge is 0.0410 e. The molecule has 106 valence electrons. The van der Waals surface area contributed by atoms with Gasteiger partial charge in [0.25, 0.3) is 0 Å². The van der Waals surface area contributed by atoms with Crippen LogP contribution in [0.5, 0.6) is 0 Å². The van der Waals surface area contributed by atoms with E-state index in [1.54, 1.807) is 0 Å². The maximum absolute atomic E-state index is 6.02. The minimum atomic E-state index is 0.609. The van der Waals surface area contributed by atoms with Crippen molar-refractivity contribution in [2.45, 2.75) is 38.8 Å². The number of piperidine rings is 1. The Kier molecular flexibility index (Phi) is 6.14. The molecule has 1 aliphatic heterocycles. The summed E-state index contributed by atoms with van der Waals surface area (Å²) in [6, 6.07) is 6.54. The van der Waals surface area contributed by atoms with Crippen molar-refractivity contribution in [3.8, 4) is 0 Å². The van der Waals surface area contributed by atoms with E-state index in [1.807, 2.05) is 18.2 Å². The van der Waals surface area contributed by atoms with E-state index in [0.29, 0.717) is 6.04 Å². The molecular formula is C15H22BrClN2. The van der Waals surface area contributed by atoms with Crippen LogP contribution in [0.15, 0.2) is 22.7 Å². The fourth-order valence-electron chi connectivity index (χ4n) is 2.58. The van der Waals surface area contributed by atoms with Gasteiger partial charge in [-0.25, -0.2) is 0 Å². The zero-order valence-electron chi connectivity index (χ0n) is 11.5. The Morgan fingerprint density at radius 3 is 2.79 bits per heavy atom. The Morgan fingerprint density at radius 1 is 1.32 bits per heavy atom. The van der Waals surface area contributed by atoms with Crippen LogP contribution < -0.4 is 5.32 Å². The minimum absolute atomic E-state index is 0.609. The van der Waals surface area contributed by atoms with Crippen LogP contribution >= 0.6 is 27.5 Å². The summed E-state index contributed by atoms with van der Waals surface area (Å²) in [4.78, 5) is 2.59. The van der Waals surface area contributed by atoms with Crippen LogP contribution in [0.4, 0.5) is 0 Å². The Morgan fingerprint density at radius 2 is 2.05 bits per heavy atom. The summed E-state index contributed by atoms with van der Waals surface area (Å²) in [6.45, 7) is 6.71. The summed E-state index contributed by atoms with van der Waals surface area (Å²) in [5.74, 6) is 0. The first kappa shape index (κ1) is 15.3. The normalized spacial score (nSPS) is 18.5. The van der Waals surface area contributed by atoms with Crippen molar-refractivity contribution in [3.05, 3.63) is 33.3 Å². The number of hydrogen-bond acceptors (Lipinski definition) is 2. The molecule has 2 nitrogen and oxygen atoms in total. The molecule has 4 heteroatoms. The SMILES string of the molecule is CC(CNCc1cc(Cl)ccc1Br)N1CCCCC1. The lowest BCUT2D eigenvalue weighted by Crippen LogP contribution is -2.42. The molecule has 1 fully saturated rings. The van der Waals surface area contributed by atoms with Gasteiger partial charge in [0.05, 0.1) is 0 Å². The summed E-state index contributed by atoms with van der Waals surface area (Å²) < 4.78 is 1.12. The van der Waals surface area contributed by atoms with Crippen molar-refractivity contribution in [1.82, 2.24) is 10.2 Å². The third-order valence-corrected chi connectivity index (χ3v) is 4.79. The topological polar surface area (TPSA) is 15.3 Å². The summed E-state index contributed by atoms with van der Waals surface area (Å²) in [7, 11) is 0. The van der Waals surface area contributed by atoms with Gasteiger partial charge in [-0.1, -0.05) is 34.0 Å². The van der Waals surface area contributed by atoms with Crippen molar-refractivity contribution in [1.29, 1.82) is 0 Å². The molecule has 1 aromatic carbocycles. The van der Waals surface area contributed by atoms with Crippen LogP contribution in [0.3, 0.4) is 0 Å². The fraction of sp³-hybridized carbons (Fsp3) is 0.600. The second kappa shape index (κ2) is 7.63. The molecule has 0 aliphatic carbocycles. The molecule has 1 aromatic rings. The number of likely N-dealkylation sites (tertiary alicyclic amines) is 1. The molecule has 0 saturated carbocycles. The van der Waals surface area contributed by atoms with Gasteiger partial charge in [-0.3, -0.25) is 4.90 Å². The van der Waals surface area contributed by atoms with Gasteiger partial charge in [0.15, 0.2) is 0 Å². The molecule has 1 heterocycles. The standard InChI is InChI=1S/C15H22BrClN2/c1-12(19-7-3-2-4-8-19)10-18-11-13-9-14(17)5-6-15(13)16/h5-6,9,12,18H,2-4,7-8,10-11H2,1H3. The number of halogens is 2. The molecular weight excluding hydrogens is 324 g/mol. The first-order chi connectivity index (χ1) is 9.16. The highest BCUT2D eigenvalue weighted by atomic mass is 79.9. The summed E-state index contributed by atoms with van der Waals surface area (Å²) >= 11 is 9.59. The number of rotatable bonds is 5. The van der Waals surface area contributed by atoms with Gasteiger partial charge >= 0.3 is 0 Å². The van der Waals surface area contributed by atoms with E-state index in [1.165, 1.54) is 37.9 Å². The lowest BCUT2D eigenvalue weighted by Gasteiger charge is -2.32. The van der Waals surface area contributed by atoms with E-state index >= 15 is 0 Å². The monoisotopic (exact) mass is 344 g/mol. The highest BCUT2D eigenvalue weighted by molar-refractivity contribution is 9.10. The molecule has 1 aliphatic rings. The van der Waals surface area contributed by atoms with Crippen molar-refractivity contribution in [3.63, 3.8) is 0 Å². The van der Waals surface area contributed by atoms with Crippen LogP contribution in [0.2, 0.25) is 5.02 Å². The van der Waals surface area contributed by atoms with Gasteiger partial charge in [0.2, 0.25) is 0 Å². The van der Waals surface area contributed by atoms with E-state index in [4.69, 9.17) is 11.6 Å². The predicted octanol–water partition coefficient (Wildman–Crippen LogP) is 4.07. The molecule has 2 rings (SSSR count). The second-order valence-electron chi connectivity index (χ2n) is 5.31. The zero-order valence-corrected chi connectivity index (χ0v) is 13.8. The van der Waals surface area contributed by atoms with Gasteiger partial charge < -0.3 is 5.32 Å². The summed E-state index contributed by atoms with van der Waals surface area (Å²) in [5, 5.41) is 4.33. The maximum atomic E-state index is 6.02. The average molecular weight is 346 g/mol. The molecule has 1 N–H and O–H groups in total. The van der Waals surface area contributed by atoms with Crippen LogP contribution in [0, 0.1) is 0 Å². The van der Waals surface area contributed by atoms with Crippen LogP contribution in [0.1, 0.15) is 31.7 Å². The first-order valence-electron chi connectivity index (χ1n) is 7.05. The van der Waals surface area contributed by atoms with Crippen molar-refractivity contribution >= 4 is 27.5 Å². The number of hydrogen-bond donors (Lipinski definition) is 1. The molecule has 1 saturated heterocycles. The Hall–Kier alpha value is -0.0900. The highest BCUT2D eigenvalue weighted by Crippen LogP contribution is 2.21. The van der Waals surface area contributed by atoms with Gasteiger partial charge in [-0.05, 0) is 56.6 Å².